The number of aromatic nitrogens is 1. The molecule has 0 saturated heterocycles. The molecule has 100 valence electrons. The van der Waals surface area contributed by atoms with Crippen molar-refractivity contribution in [2.75, 3.05) is 12.0 Å². The maximum absolute atomic E-state index is 12.0. The number of pyridine rings is 1. The molecule has 5 heteroatoms. The lowest BCUT2D eigenvalue weighted by Crippen LogP contribution is -2.29. The highest BCUT2D eigenvalue weighted by Gasteiger charge is 2.10. The Balaban J connectivity index is 2.69. The molecule has 1 rings (SSSR count). The number of hydrazine groups is 1. The normalized spacial score (nSPS) is 10.5. The summed E-state index contributed by atoms with van der Waals surface area (Å²) >= 11 is 0. The maximum Gasteiger partial charge on any atom is 0.251 e. The van der Waals surface area contributed by atoms with Gasteiger partial charge < -0.3 is 10.7 Å². The van der Waals surface area contributed by atoms with Crippen LogP contribution in [0, 0.1) is 12.8 Å². The number of nitrogen functional groups attached to an aromatic ring is 1. The first-order chi connectivity index (χ1) is 8.60. The van der Waals surface area contributed by atoms with E-state index in [1.165, 1.54) is 0 Å². The highest BCUT2D eigenvalue weighted by Crippen LogP contribution is 2.10. The van der Waals surface area contributed by atoms with Gasteiger partial charge in [-0.25, -0.2) is 10.8 Å². The number of carbonyl (C=O) groups excluding carboxylic acids is 1. The van der Waals surface area contributed by atoms with E-state index in [0.717, 1.165) is 18.5 Å². The molecular weight excluding hydrogens is 228 g/mol. The molecule has 0 radical (unpaired) electrons. The Labute approximate surface area is 108 Å². The highest BCUT2D eigenvalue weighted by atomic mass is 16.1. The number of hydrogen-bond acceptors (Lipinski definition) is 4. The summed E-state index contributed by atoms with van der Waals surface area (Å²) in [5.41, 5.74) is 3.81. The predicted molar refractivity (Wildman–Crippen MR) is 73.2 cm³/mol. The molecule has 0 aliphatic rings. The third-order valence-electron chi connectivity index (χ3n) is 3.07. The van der Waals surface area contributed by atoms with Crippen LogP contribution in [0.2, 0.25) is 0 Å². The van der Waals surface area contributed by atoms with Crippen molar-refractivity contribution in [1.82, 2.24) is 10.3 Å². The molecule has 5 nitrogen and oxygen atoms in total. The lowest BCUT2D eigenvalue weighted by molar-refractivity contribution is 0.0946. The minimum Gasteiger partial charge on any atom is -0.352 e. The zero-order valence-corrected chi connectivity index (χ0v) is 11.3. The first-order valence-corrected chi connectivity index (χ1v) is 6.34. The standard InChI is InChI=1S/C13H22N4O/c1-4-10(5-2)8-15-13(18)11-6-9(3)16-12(7-11)17-14/h6-7,10H,4-5,8,14H2,1-3H3,(H,15,18)(H,16,17). The SMILES string of the molecule is CCC(CC)CNC(=O)c1cc(C)nc(NN)c1. The second-order valence-corrected chi connectivity index (χ2v) is 4.42. The molecule has 0 unspecified atom stereocenters. The molecular formula is C13H22N4O. The van der Waals surface area contributed by atoms with Crippen LogP contribution >= 0.6 is 0 Å². The topological polar surface area (TPSA) is 80.0 Å². The monoisotopic (exact) mass is 250 g/mol. The minimum absolute atomic E-state index is 0.0797. The fraction of sp³-hybridized carbons (Fsp3) is 0.538. The van der Waals surface area contributed by atoms with E-state index < -0.39 is 0 Å². The van der Waals surface area contributed by atoms with Gasteiger partial charge in [-0.3, -0.25) is 4.79 Å². The Morgan fingerprint density at radius 2 is 2.06 bits per heavy atom. The Morgan fingerprint density at radius 1 is 1.39 bits per heavy atom. The van der Waals surface area contributed by atoms with Gasteiger partial charge in [0, 0.05) is 17.8 Å². The third-order valence-corrected chi connectivity index (χ3v) is 3.07. The lowest BCUT2D eigenvalue weighted by atomic mass is 10.0. The number of nitrogens with zero attached hydrogens (tertiary/aromatic N) is 1. The van der Waals surface area contributed by atoms with Crippen LogP contribution in [0.3, 0.4) is 0 Å². The molecule has 0 aromatic carbocycles. The number of anilines is 1. The number of nitrogens with one attached hydrogen (secondary N) is 2. The van der Waals surface area contributed by atoms with Crippen molar-refractivity contribution in [3.63, 3.8) is 0 Å². The summed E-state index contributed by atoms with van der Waals surface area (Å²) in [6.45, 7) is 6.80. The van der Waals surface area contributed by atoms with Gasteiger partial charge in [0.05, 0.1) is 0 Å². The van der Waals surface area contributed by atoms with Crippen LogP contribution in [-0.2, 0) is 0 Å². The van der Waals surface area contributed by atoms with Gasteiger partial charge >= 0.3 is 0 Å². The van der Waals surface area contributed by atoms with Crippen molar-refractivity contribution < 1.29 is 4.79 Å². The smallest absolute Gasteiger partial charge is 0.251 e. The van der Waals surface area contributed by atoms with Crippen LogP contribution in [-0.4, -0.2) is 17.4 Å². The van der Waals surface area contributed by atoms with E-state index in [4.69, 9.17) is 5.84 Å². The van der Waals surface area contributed by atoms with E-state index >= 15 is 0 Å². The third kappa shape index (κ3) is 4.00. The van der Waals surface area contributed by atoms with E-state index in [1.807, 2.05) is 6.92 Å². The van der Waals surface area contributed by atoms with E-state index in [2.05, 4.69) is 29.6 Å². The molecule has 18 heavy (non-hydrogen) atoms. The van der Waals surface area contributed by atoms with Gasteiger partial charge in [0.1, 0.15) is 5.82 Å². The summed E-state index contributed by atoms with van der Waals surface area (Å²) in [7, 11) is 0. The Hall–Kier alpha value is -1.62. The quantitative estimate of drug-likeness (QED) is 0.531. The number of amides is 1. The van der Waals surface area contributed by atoms with Crippen LogP contribution in [0.1, 0.15) is 42.7 Å². The molecule has 0 spiro atoms. The fourth-order valence-corrected chi connectivity index (χ4v) is 1.79. The van der Waals surface area contributed by atoms with E-state index in [9.17, 15) is 4.79 Å². The molecule has 0 saturated carbocycles. The largest absolute Gasteiger partial charge is 0.352 e. The second-order valence-electron chi connectivity index (χ2n) is 4.42. The summed E-state index contributed by atoms with van der Waals surface area (Å²) in [5, 5.41) is 2.94. The molecule has 0 fully saturated rings. The van der Waals surface area contributed by atoms with Crippen molar-refractivity contribution in [3.05, 3.63) is 23.4 Å². The van der Waals surface area contributed by atoms with Crippen LogP contribution in [0.4, 0.5) is 5.82 Å². The summed E-state index contributed by atoms with van der Waals surface area (Å²) < 4.78 is 0. The zero-order valence-electron chi connectivity index (χ0n) is 11.3. The average Bonchev–Trinajstić information content (AvgIpc) is 2.38. The summed E-state index contributed by atoms with van der Waals surface area (Å²) in [5.74, 6) is 6.26. The maximum atomic E-state index is 12.0. The molecule has 4 N–H and O–H groups in total. The fourth-order valence-electron chi connectivity index (χ4n) is 1.79. The van der Waals surface area contributed by atoms with Crippen LogP contribution in [0.5, 0.6) is 0 Å². The van der Waals surface area contributed by atoms with Gasteiger partial charge in [-0.05, 0) is 25.0 Å². The van der Waals surface area contributed by atoms with Crippen LogP contribution < -0.4 is 16.6 Å². The number of carbonyl (C=O) groups is 1. The Kier molecular flexibility index (Phi) is 5.58. The molecule has 1 amide bonds. The van der Waals surface area contributed by atoms with Gasteiger partial charge in [0.15, 0.2) is 0 Å². The predicted octanol–water partition coefficient (Wildman–Crippen LogP) is 1.84. The van der Waals surface area contributed by atoms with E-state index in [-0.39, 0.29) is 5.91 Å². The summed E-state index contributed by atoms with van der Waals surface area (Å²) in [6.07, 6.45) is 2.14. The Morgan fingerprint density at radius 3 is 2.61 bits per heavy atom. The van der Waals surface area contributed by atoms with Crippen molar-refractivity contribution in [3.8, 4) is 0 Å². The van der Waals surface area contributed by atoms with Crippen LogP contribution in [0.25, 0.3) is 0 Å². The van der Waals surface area contributed by atoms with Crippen molar-refractivity contribution in [1.29, 1.82) is 0 Å². The Bertz CT molecular complexity index is 402. The molecule has 0 aliphatic carbocycles. The first kappa shape index (κ1) is 14.4. The number of rotatable bonds is 6. The summed E-state index contributed by atoms with van der Waals surface area (Å²) in [4.78, 5) is 16.1. The van der Waals surface area contributed by atoms with E-state index in [1.54, 1.807) is 12.1 Å². The van der Waals surface area contributed by atoms with Crippen molar-refractivity contribution in [2.45, 2.75) is 33.6 Å². The number of hydrogen-bond donors (Lipinski definition) is 3. The van der Waals surface area contributed by atoms with Gasteiger partial charge in [0.2, 0.25) is 0 Å². The van der Waals surface area contributed by atoms with Crippen molar-refractivity contribution in [2.24, 2.45) is 11.8 Å². The zero-order chi connectivity index (χ0) is 13.5. The molecule has 0 atom stereocenters. The molecule has 0 bridgehead atoms. The van der Waals surface area contributed by atoms with Crippen molar-refractivity contribution >= 4 is 11.7 Å². The van der Waals surface area contributed by atoms with E-state index in [0.29, 0.717) is 23.8 Å². The lowest BCUT2D eigenvalue weighted by Gasteiger charge is -2.13. The highest BCUT2D eigenvalue weighted by molar-refractivity contribution is 5.94. The minimum atomic E-state index is -0.0797. The van der Waals surface area contributed by atoms with Gasteiger partial charge in [-0.2, -0.15) is 0 Å². The first-order valence-electron chi connectivity index (χ1n) is 6.34. The van der Waals surface area contributed by atoms with Crippen LogP contribution in [0.15, 0.2) is 12.1 Å². The molecule has 0 aliphatic heterocycles. The molecule has 1 heterocycles. The number of aryl methyl sites for hydroxylation is 1. The molecule has 1 aromatic heterocycles. The molecule has 1 aromatic rings. The average molecular weight is 250 g/mol. The van der Waals surface area contributed by atoms with Gasteiger partial charge in [-0.1, -0.05) is 26.7 Å². The summed E-state index contributed by atoms with van der Waals surface area (Å²) in [6, 6.07) is 3.40. The second kappa shape index (κ2) is 6.96. The van der Waals surface area contributed by atoms with Gasteiger partial charge in [-0.15, -0.1) is 0 Å². The number of nitrogens with two attached hydrogens (primary N) is 1. The van der Waals surface area contributed by atoms with Gasteiger partial charge in [0.25, 0.3) is 5.91 Å².